The first-order chi connectivity index (χ1) is 10.1. The molecule has 2 aromatic rings. The van der Waals surface area contributed by atoms with Crippen molar-refractivity contribution in [3.05, 3.63) is 35.4 Å². The molecule has 0 aliphatic rings. The first kappa shape index (κ1) is 16.8. The molecule has 0 spiro atoms. The van der Waals surface area contributed by atoms with Crippen LogP contribution in [0.3, 0.4) is 0 Å². The van der Waals surface area contributed by atoms with Crippen LogP contribution >= 0.6 is 0 Å². The molecule has 0 aliphatic carbocycles. The summed E-state index contributed by atoms with van der Waals surface area (Å²) in [5.74, 6) is 0. The van der Waals surface area contributed by atoms with Crippen molar-refractivity contribution in [2.75, 3.05) is 0 Å². The Morgan fingerprint density at radius 2 is 1.68 bits per heavy atom. The molecule has 0 amide bonds. The van der Waals surface area contributed by atoms with E-state index in [0.717, 1.165) is 19.5 Å². The Bertz CT molecular complexity index is 607. The molecule has 2 aromatic heterocycles. The van der Waals surface area contributed by atoms with Crippen molar-refractivity contribution >= 4 is 0 Å². The van der Waals surface area contributed by atoms with Crippen LogP contribution < -0.4 is 0 Å². The van der Waals surface area contributed by atoms with E-state index in [4.69, 9.17) is 5.10 Å². The Morgan fingerprint density at radius 1 is 1.00 bits per heavy atom. The smallest absolute Gasteiger partial charge is 0.0662 e. The van der Waals surface area contributed by atoms with Crippen molar-refractivity contribution in [2.45, 2.75) is 78.8 Å². The van der Waals surface area contributed by atoms with Gasteiger partial charge in [-0.25, -0.2) is 0 Å². The van der Waals surface area contributed by atoms with Gasteiger partial charge < -0.3 is 0 Å². The van der Waals surface area contributed by atoms with Gasteiger partial charge in [-0.2, -0.15) is 10.2 Å². The maximum absolute atomic E-state index is 4.94. The third kappa shape index (κ3) is 3.42. The summed E-state index contributed by atoms with van der Waals surface area (Å²) in [7, 11) is 0. The van der Waals surface area contributed by atoms with Crippen LogP contribution in [0.2, 0.25) is 0 Å². The molecule has 0 atom stereocenters. The van der Waals surface area contributed by atoms with Gasteiger partial charge in [-0.3, -0.25) is 9.36 Å². The highest BCUT2D eigenvalue weighted by Crippen LogP contribution is 2.36. The predicted octanol–water partition coefficient (Wildman–Crippen LogP) is 3.94. The fourth-order valence-electron chi connectivity index (χ4n) is 3.10. The summed E-state index contributed by atoms with van der Waals surface area (Å²) < 4.78 is 4.18. The Balaban J connectivity index is 2.46. The summed E-state index contributed by atoms with van der Waals surface area (Å²) in [5, 5.41) is 9.23. The number of hydrogen-bond acceptors (Lipinski definition) is 2. The van der Waals surface area contributed by atoms with E-state index in [2.05, 4.69) is 58.2 Å². The van der Waals surface area contributed by atoms with E-state index in [-0.39, 0.29) is 10.8 Å². The minimum absolute atomic E-state index is 0.0765. The number of nitrogens with zero attached hydrogens (tertiary/aromatic N) is 4. The normalized spacial score (nSPS) is 12.9. The summed E-state index contributed by atoms with van der Waals surface area (Å²) in [6.07, 6.45) is 4.81. The predicted molar refractivity (Wildman–Crippen MR) is 91.2 cm³/mol. The number of hydrogen-bond donors (Lipinski definition) is 0. The van der Waals surface area contributed by atoms with Crippen LogP contribution in [0, 0.1) is 0 Å². The van der Waals surface area contributed by atoms with Crippen LogP contribution in [-0.4, -0.2) is 19.6 Å². The average molecular weight is 302 g/mol. The molecule has 0 fully saturated rings. The molecule has 0 saturated heterocycles. The number of aryl methyl sites for hydroxylation is 3. The highest BCUT2D eigenvalue weighted by Gasteiger charge is 2.32. The van der Waals surface area contributed by atoms with Crippen LogP contribution in [0.1, 0.15) is 65.4 Å². The van der Waals surface area contributed by atoms with Gasteiger partial charge in [0.2, 0.25) is 0 Å². The topological polar surface area (TPSA) is 35.6 Å². The maximum atomic E-state index is 4.94. The molecule has 2 rings (SSSR count). The van der Waals surface area contributed by atoms with Gasteiger partial charge in [0, 0.05) is 29.1 Å². The Morgan fingerprint density at radius 3 is 2.14 bits per heavy atom. The first-order valence-corrected chi connectivity index (χ1v) is 8.22. The second kappa shape index (κ2) is 5.90. The molecule has 0 N–H and O–H groups in total. The Labute approximate surface area is 134 Å². The molecule has 0 bridgehead atoms. The van der Waals surface area contributed by atoms with E-state index in [1.165, 1.54) is 17.0 Å². The van der Waals surface area contributed by atoms with Gasteiger partial charge in [0.05, 0.1) is 18.8 Å². The van der Waals surface area contributed by atoms with Crippen LogP contribution in [-0.2, 0) is 30.3 Å². The lowest BCUT2D eigenvalue weighted by Gasteiger charge is -2.28. The summed E-state index contributed by atoms with van der Waals surface area (Å²) in [6, 6.07) is 1.96. The molecule has 0 unspecified atom stereocenters. The van der Waals surface area contributed by atoms with E-state index in [0.29, 0.717) is 0 Å². The average Bonchev–Trinajstić information content (AvgIpc) is 3.01. The van der Waals surface area contributed by atoms with E-state index >= 15 is 0 Å². The zero-order valence-corrected chi connectivity index (χ0v) is 15.1. The molecule has 4 nitrogen and oxygen atoms in total. The highest BCUT2D eigenvalue weighted by molar-refractivity contribution is 5.37. The van der Waals surface area contributed by atoms with Gasteiger partial charge in [0.15, 0.2) is 0 Å². The zero-order chi connectivity index (χ0) is 16.5. The van der Waals surface area contributed by atoms with Crippen molar-refractivity contribution in [1.82, 2.24) is 19.6 Å². The first-order valence-electron chi connectivity index (χ1n) is 8.22. The molecule has 0 radical (unpaired) electrons. The summed E-state index contributed by atoms with van der Waals surface area (Å²) in [5.41, 5.74) is 4.20. The second-order valence-electron chi connectivity index (χ2n) is 8.02. The minimum Gasteiger partial charge on any atom is -0.271 e. The van der Waals surface area contributed by atoms with Crippen molar-refractivity contribution in [3.63, 3.8) is 0 Å². The van der Waals surface area contributed by atoms with Gasteiger partial charge in [-0.15, -0.1) is 0 Å². The fourth-order valence-corrected chi connectivity index (χ4v) is 3.10. The monoisotopic (exact) mass is 302 g/mol. The molecule has 22 heavy (non-hydrogen) atoms. The van der Waals surface area contributed by atoms with Crippen molar-refractivity contribution in [1.29, 1.82) is 0 Å². The molecule has 0 aromatic carbocycles. The van der Waals surface area contributed by atoms with E-state index in [9.17, 15) is 0 Å². The van der Waals surface area contributed by atoms with Crippen molar-refractivity contribution < 1.29 is 0 Å². The van der Waals surface area contributed by atoms with Crippen LogP contribution in [0.15, 0.2) is 18.5 Å². The quantitative estimate of drug-likeness (QED) is 0.857. The summed E-state index contributed by atoms with van der Waals surface area (Å²) in [4.78, 5) is 0. The number of rotatable bonds is 4. The molecule has 4 heteroatoms. The lowest BCUT2D eigenvalue weighted by molar-refractivity contribution is 0.434. The van der Waals surface area contributed by atoms with Gasteiger partial charge in [0.25, 0.3) is 0 Å². The largest absolute Gasteiger partial charge is 0.271 e. The molecule has 0 aliphatic heterocycles. The Hall–Kier alpha value is -1.58. The lowest BCUT2D eigenvalue weighted by atomic mass is 9.77. The molecule has 122 valence electrons. The molecular formula is C18H30N4. The fraction of sp³-hybridized carbons (Fsp3) is 0.667. The van der Waals surface area contributed by atoms with Gasteiger partial charge in [-0.1, -0.05) is 48.5 Å². The maximum Gasteiger partial charge on any atom is 0.0662 e. The van der Waals surface area contributed by atoms with E-state index < -0.39 is 0 Å². The zero-order valence-electron chi connectivity index (χ0n) is 15.1. The minimum atomic E-state index is 0.0765. The van der Waals surface area contributed by atoms with Crippen molar-refractivity contribution in [2.24, 2.45) is 0 Å². The van der Waals surface area contributed by atoms with Gasteiger partial charge in [-0.05, 0) is 17.9 Å². The molecule has 2 heterocycles. The SMILES string of the molecule is CCc1nn(CCn2cccn2)c(C(C)(C)C)c1C(C)(C)C. The Kier molecular flexibility index (Phi) is 4.50. The summed E-state index contributed by atoms with van der Waals surface area (Å²) >= 11 is 0. The third-order valence-electron chi connectivity index (χ3n) is 3.92. The third-order valence-corrected chi connectivity index (χ3v) is 3.92. The molecule has 0 saturated carbocycles. The standard InChI is InChI=1S/C18H30N4/c1-8-14-15(17(2,3)4)16(18(5,6)7)22(20-14)13-12-21-11-9-10-19-21/h9-11H,8,12-13H2,1-7H3. The van der Waals surface area contributed by atoms with E-state index in [1.807, 2.05) is 23.1 Å². The van der Waals surface area contributed by atoms with Crippen LogP contribution in [0.4, 0.5) is 0 Å². The number of aromatic nitrogens is 4. The second-order valence-corrected chi connectivity index (χ2v) is 8.02. The lowest BCUT2D eigenvalue weighted by Crippen LogP contribution is -2.26. The van der Waals surface area contributed by atoms with Crippen LogP contribution in [0.25, 0.3) is 0 Å². The van der Waals surface area contributed by atoms with Crippen LogP contribution in [0.5, 0.6) is 0 Å². The summed E-state index contributed by atoms with van der Waals surface area (Å²) in [6.45, 7) is 17.6. The highest BCUT2D eigenvalue weighted by atomic mass is 15.3. The van der Waals surface area contributed by atoms with E-state index in [1.54, 1.807) is 0 Å². The van der Waals surface area contributed by atoms with Crippen molar-refractivity contribution in [3.8, 4) is 0 Å². The molecular weight excluding hydrogens is 272 g/mol. The van der Waals surface area contributed by atoms with Gasteiger partial charge >= 0.3 is 0 Å². The van der Waals surface area contributed by atoms with Gasteiger partial charge in [0.1, 0.15) is 0 Å².